The van der Waals surface area contributed by atoms with Gasteiger partial charge in [-0.3, -0.25) is 19.4 Å². The first-order chi connectivity index (χ1) is 19.0. The van der Waals surface area contributed by atoms with Crippen molar-refractivity contribution in [2.45, 2.75) is 17.5 Å². The third-order valence-electron chi connectivity index (χ3n) is 8.20. The minimum Gasteiger partial charge on any atom is -0.358 e. The number of amides is 1. The van der Waals surface area contributed by atoms with Crippen LogP contribution in [0.25, 0.3) is 6.08 Å². The van der Waals surface area contributed by atoms with Crippen molar-refractivity contribution < 1.29 is 18.8 Å². The molecule has 1 N–H and O–H groups in total. The second kappa shape index (κ2) is 8.56. The number of carbonyl (C=O) groups excluding carboxylic acids is 3. The van der Waals surface area contributed by atoms with Gasteiger partial charge in [-0.2, -0.15) is 0 Å². The summed E-state index contributed by atoms with van der Waals surface area (Å²) in [4.78, 5) is 49.2. The Hall–Kier alpha value is -4.91. The van der Waals surface area contributed by atoms with Crippen LogP contribution >= 0.6 is 0 Å². The molecule has 1 aromatic heterocycles. The van der Waals surface area contributed by atoms with Crippen molar-refractivity contribution >= 4 is 29.2 Å². The van der Waals surface area contributed by atoms with Crippen molar-refractivity contribution in [1.82, 2.24) is 9.88 Å². The second-order valence-corrected chi connectivity index (χ2v) is 10.1. The number of pyridine rings is 1. The van der Waals surface area contributed by atoms with Crippen LogP contribution in [0, 0.1) is 11.7 Å². The quantitative estimate of drug-likeness (QED) is 0.378. The monoisotopic (exact) mass is 515 g/mol. The fraction of sp³-hybridized carbons (Fsp3) is 0.125. The highest BCUT2D eigenvalue weighted by Gasteiger charge is 2.70. The van der Waals surface area contributed by atoms with Crippen molar-refractivity contribution in [3.63, 3.8) is 0 Å². The minimum atomic E-state index is -1.41. The molecule has 0 saturated carbocycles. The number of anilines is 1. The molecule has 4 unspecified atom stereocenters. The first-order valence-electron chi connectivity index (χ1n) is 12.7. The predicted octanol–water partition coefficient (Wildman–Crippen LogP) is 5.20. The van der Waals surface area contributed by atoms with Gasteiger partial charge in [-0.25, -0.2) is 4.39 Å². The van der Waals surface area contributed by atoms with E-state index in [1.165, 1.54) is 30.5 Å². The van der Waals surface area contributed by atoms with Gasteiger partial charge in [-0.1, -0.05) is 42.5 Å². The molecular weight excluding hydrogens is 493 g/mol. The van der Waals surface area contributed by atoms with E-state index in [2.05, 4.69) is 10.3 Å². The highest BCUT2D eigenvalue weighted by atomic mass is 19.1. The summed E-state index contributed by atoms with van der Waals surface area (Å²) in [6.07, 6.45) is 6.75. The molecule has 4 heterocycles. The zero-order valence-electron chi connectivity index (χ0n) is 20.6. The number of nitrogens with one attached hydrogen (secondary N) is 1. The van der Waals surface area contributed by atoms with E-state index in [0.717, 1.165) is 11.1 Å². The molecule has 4 aromatic rings. The zero-order valence-corrected chi connectivity index (χ0v) is 20.6. The summed E-state index contributed by atoms with van der Waals surface area (Å²) < 4.78 is 13.8. The Balaban J connectivity index is 1.54. The molecule has 6 nitrogen and oxygen atoms in total. The number of Topliss-reactive ketones (excluding diaryl/α,β-unsaturated/α-hetero) is 2. The van der Waals surface area contributed by atoms with E-state index in [9.17, 15) is 18.8 Å². The molecule has 1 amide bonds. The predicted molar refractivity (Wildman–Crippen MR) is 143 cm³/mol. The van der Waals surface area contributed by atoms with Crippen LogP contribution in [-0.4, -0.2) is 33.4 Å². The Morgan fingerprint density at radius 3 is 2.44 bits per heavy atom. The average molecular weight is 516 g/mol. The molecule has 3 aromatic carbocycles. The van der Waals surface area contributed by atoms with Gasteiger partial charge in [0.1, 0.15) is 17.3 Å². The molecular formula is C32H22FN3O3. The first-order valence-corrected chi connectivity index (χ1v) is 12.7. The van der Waals surface area contributed by atoms with E-state index in [1.807, 2.05) is 65.7 Å². The van der Waals surface area contributed by atoms with E-state index < -0.39 is 29.2 Å². The van der Waals surface area contributed by atoms with E-state index in [-0.39, 0.29) is 23.0 Å². The Morgan fingerprint density at radius 1 is 0.872 bits per heavy atom. The molecule has 7 heteroatoms. The largest absolute Gasteiger partial charge is 0.358 e. The number of halogens is 1. The number of nitrogens with zero attached hydrogens (tertiary/aromatic N) is 2. The van der Waals surface area contributed by atoms with Gasteiger partial charge in [0.25, 0.3) is 0 Å². The molecule has 1 saturated heterocycles. The highest BCUT2D eigenvalue weighted by molar-refractivity contribution is 6.16. The number of aromatic nitrogens is 1. The fourth-order valence-electron chi connectivity index (χ4n) is 6.64. The van der Waals surface area contributed by atoms with Crippen LogP contribution in [0.5, 0.6) is 0 Å². The molecule has 190 valence electrons. The van der Waals surface area contributed by atoms with E-state index in [1.54, 1.807) is 18.3 Å². The summed E-state index contributed by atoms with van der Waals surface area (Å²) in [7, 11) is 0. The van der Waals surface area contributed by atoms with Crippen LogP contribution in [0.15, 0.2) is 104 Å². The number of benzene rings is 3. The zero-order chi connectivity index (χ0) is 26.7. The molecule has 0 radical (unpaired) electrons. The van der Waals surface area contributed by atoms with Crippen LogP contribution in [0.4, 0.5) is 10.1 Å². The number of ketones is 2. The summed E-state index contributed by atoms with van der Waals surface area (Å²) in [6, 6.07) is 22.0. The van der Waals surface area contributed by atoms with Crippen LogP contribution in [0.1, 0.15) is 43.4 Å². The minimum absolute atomic E-state index is 0.264. The summed E-state index contributed by atoms with van der Waals surface area (Å²) in [5, 5.41) is 3.02. The SMILES string of the molecule is O=C(c1ccc(F)cc1)C1C(C(=O)c2cccnc2)C2(C(=O)Nc3ccccc32)C2c3ccccc3C=CN12. The summed E-state index contributed by atoms with van der Waals surface area (Å²) in [5.74, 6) is -2.61. The first kappa shape index (κ1) is 23.2. The maximum atomic E-state index is 14.5. The smallest absolute Gasteiger partial charge is 0.238 e. The van der Waals surface area contributed by atoms with Crippen LogP contribution < -0.4 is 5.32 Å². The van der Waals surface area contributed by atoms with Gasteiger partial charge >= 0.3 is 0 Å². The summed E-state index contributed by atoms with van der Waals surface area (Å²) >= 11 is 0. The average Bonchev–Trinajstić information content (AvgIpc) is 3.45. The molecule has 0 aliphatic carbocycles. The van der Waals surface area contributed by atoms with Crippen molar-refractivity contribution in [2.75, 3.05) is 5.32 Å². The summed E-state index contributed by atoms with van der Waals surface area (Å²) in [6.45, 7) is 0. The van der Waals surface area contributed by atoms with Gasteiger partial charge in [-0.05, 0) is 65.2 Å². The lowest BCUT2D eigenvalue weighted by Crippen LogP contribution is -2.49. The van der Waals surface area contributed by atoms with Crippen molar-refractivity contribution in [2.24, 2.45) is 5.92 Å². The lowest BCUT2D eigenvalue weighted by atomic mass is 9.62. The van der Waals surface area contributed by atoms with Gasteiger partial charge in [0.2, 0.25) is 5.91 Å². The highest BCUT2D eigenvalue weighted by Crippen LogP contribution is 2.62. The molecule has 1 spiro atoms. The van der Waals surface area contributed by atoms with Crippen LogP contribution in [0.3, 0.4) is 0 Å². The number of rotatable bonds is 4. The lowest BCUT2D eigenvalue weighted by molar-refractivity contribution is -0.122. The third-order valence-corrected chi connectivity index (χ3v) is 8.20. The molecule has 4 atom stereocenters. The lowest BCUT2D eigenvalue weighted by Gasteiger charge is -2.38. The third kappa shape index (κ3) is 3.19. The van der Waals surface area contributed by atoms with Gasteiger partial charge in [0.05, 0.1) is 12.0 Å². The normalized spacial score (nSPS) is 24.2. The van der Waals surface area contributed by atoms with Crippen molar-refractivity contribution in [3.8, 4) is 0 Å². The molecule has 1 fully saturated rings. The van der Waals surface area contributed by atoms with Crippen molar-refractivity contribution in [1.29, 1.82) is 0 Å². The van der Waals surface area contributed by atoms with E-state index in [0.29, 0.717) is 16.8 Å². The van der Waals surface area contributed by atoms with E-state index >= 15 is 0 Å². The molecule has 0 bridgehead atoms. The van der Waals surface area contributed by atoms with Crippen LogP contribution in [0.2, 0.25) is 0 Å². The molecule has 39 heavy (non-hydrogen) atoms. The van der Waals surface area contributed by atoms with E-state index in [4.69, 9.17) is 0 Å². The van der Waals surface area contributed by atoms with Gasteiger partial charge < -0.3 is 10.2 Å². The summed E-state index contributed by atoms with van der Waals surface area (Å²) in [5.41, 5.74) is 2.22. The Labute approximate surface area is 223 Å². The standard InChI is InChI=1S/C32H22FN3O3/c33-22-13-11-20(12-14-22)29(38)27-26(28(37)21-7-5-16-34-18-21)32(24-9-3-4-10-25(24)35-31(32)39)30-23-8-2-1-6-19(23)15-17-36(27)30/h1-18,26-27,30H,(H,35,39). The van der Waals surface area contributed by atoms with Gasteiger partial charge in [0, 0.05) is 35.4 Å². The Bertz CT molecular complexity index is 1680. The molecule has 7 rings (SSSR count). The van der Waals surface area contributed by atoms with Gasteiger partial charge in [0.15, 0.2) is 11.6 Å². The van der Waals surface area contributed by atoms with Crippen LogP contribution in [-0.2, 0) is 10.2 Å². The number of para-hydroxylation sites is 1. The topological polar surface area (TPSA) is 79.4 Å². The fourth-order valence-corrected chi connectivity index (χ4v) is 6.64. The number of fused-ring (bicyclic) bond motifs is 6. The Kier molecular flexibility index (Phi) is 5.10. The van der Waals surface area contributed by atoms with Crippen molar-refractivity contribution in [3.05, 3.63) is 137 Å². The number of hydrogen-bond acceptors (Lipinski definition) is 5. The maximum Gasteiger partial charge on any atom is 0.238 e. The maximum absolute atomic E-state index is 14.5. The van der Waals surface area contributed by atoms with Gasteiger partial charge in [-0.15, -0.1) is 0 Å². The second-order valence-electron chi connectivity index (χ2n) is 10.1. The molecule has 3 aliphatic heterocycles. The molecule has 3 aliphatic rings. The Morgan fingerprint density at radius 2 is 1.64 bits per heavy atom. The number of hydrogen-bond donors (Lipinski definition) is 1. The number of carbonyl (C=O) groups is 3.